The molecule has 0 unspecified atom stereocenters. The lowest BCUT2D eigenvalue weighted by Gasteiger charge is -2.19. The summed E-state index contributed by atoms with van der Waals surface area (Å²) in [6.07, 6.45) is 1.29. The van der Waals surface area contributed by atoms with Crippen molar-refractivity contribution in [1.82, 2.24) is 20.7 Å². The zero-order valence-corrected chi connectivity index (χ0v) is 18.1. The van der Waals surface area contributed by atoms with Gasteiger partial charge in [-0.3, -0.25) is 4.99 Å². The van der Waals surface area contributed by atoms with Gasteiger partial charge in [0, 0.05) is 33.2 Å². The lowest BCUT2D eigenvalue weighted by atomic mass is 10.2. The predicted octanol–water partition coefficient (Wildman–Crippen LogP) is 0.233. The molecule has 4 N–H and O–H groups in total. The first-order chi connectivity index (χ1) is 10.5. The number of hydrogen-bond acceptors (Lipinski definition) is 5. The largest absolute Gasteiger partial charge is 0.444 e. The van der Waals surface area contributed by atoms with Gasteiger partial charge >= 0.3 is 6.09 Å². The van der Waals surface area contributed by atoms with Crippen molar-refractivity contribution in [2.24, 2.45) is 4.99 Å². The molecule has 0 saturated carbocycles. The van der Waals surface area contributed by atoms with E-state index in [-0.39, 0.29) is 24.0 Å². The summed E-state index contributed by atoms with van der Waals surface area (Å²) in [6, 6.07) is 0. The number of ether oxygens (including phenoxy) is 1. The Morgan fingerprint density at radius 3 is 2.08 bits per heavy atom. The summed E-state index contributed by atoms with van der Waals surface area (Å²) in [5.74, 6) is 0.579. The summed E-state index contributed by atoms with van der Waals surface area (Å²) in [6.45, 7) is 7.22. The Balaban J connectivity index is 0. The average molecular weight is 479 g/mol. The number of aliphatic imine (C=N–C) groups is 1. The first kappa shape index (κ1) is 25.4. The van der Waals surface area contributed by atoms with Crippen LogP contribution < -0.4 is 20.7 Å². The maximum Gasteiger partial charge on any atom is 0.407 e. The van der Waals surface area contributed by atoms with Gasteiger partial charge in [-0.05, 0) is 27.2 Å². The summed E-state index contributed by atoms with van der Waals surface area (Å²) < 4.78 is 29.3. The van der Waals surface area contributed by atoms with Crippen LogP contribution in [0.3, 0.4) is 0 Å². The number of sulfonamides is 1. The zero-order valence-electron chi connectivity index (χ0n) is 14.9. The SMILES string of the molecule is CN=C(NCCCNS(C)(=O)=O)NCCNC(=O)OC(C)(C)C.I. The Kier molecular flexibility index (Phi) is 13.3. The van der Waals surface area contributed by atoms with Gasteiger partial charge in [-0.1, -0.05) is 0 Å². The van der Waals surface area contributed by atoms with E-state index < -0.39 is 21.7 Å². The average Bonchev–Trinajstić information content (AvgIpc) is 2.37. The molecule has 0 aromatic rings. The van der Waals surface area contributed by atoms with E-state index in [2.05, 4.69) is 25.7 Å². The van der Waals surface area contributed by atoms with Gasteiger partial charge < -0.3 is 20.7 Å². The number of alkyl carbamates (subject to hydrolysis) is 1. The van der Waals surface area contributed by atoms with E-state index in [0.29, 0.717) is 38.6 Å². The standard InChI is InChI=1S/C13H29N5O4S.HI/c1-13(2,3)22-12(19)17-10-9-16-11(14-4)15-7-6-8-18-23(5,20)21;/h18H,6-10H2,1-5H3,(H,17,19)(H2,14,15,16);1H. The quantitative estimate of drug-likeness (QED) is 0.171. The molecule has 0 spiro atoms. The minimum absolute atomic E-state index is 0. The molecule has 0 heterocycles. The van der Waals surface area contributed by atoms with Crippen LogP contribution in [0.25, 0.3) is 0 Å². The van der Waals surface area contributed by atoms with Crippen molar-refractivity contribution < 1.29 is 17.9 Å². The number of carbonyl (C=O) groups excluding carboxylic acids is 1. The molecule has 144 valence electrons. The number of hydrogen-bond donors (Lipinski definition) is 4. The molecule has 0 radical (unpaired) electrons. The molecule has 0 fully saturated rings. The molecular formula is C13H30IN5O4S. The normalized spacial score (nSPS) is 12.1. The second kappa shape index (κ2) is 12.5. The minimum atomic E-state index is -3.14. The van der Waals surface area contributed by atoms with Gasteiger partial charge in [-0.2, -0.15) is 0 Å². The highest BCUT2D eigenvalue weighted by Gasteiger charge is 2.15. The zero-order chi connectivity index (χ0) is 17.9. The van der Waals surface area contributed by atoms with Crippen molar-refractivity contribution in [3.63, 3.8) is 0 Å². The van der Waals surface area contributed by atoms with Crippen LogP contribution in [-0.4, -0.2) is 65.6 Å². The lowest BCUT2D eigenvalue weighted by molar-refractivity contribution is 0.0529. The predicted molar refractivity (Wildman–Crippen MR) is 106 cm³/mol. The van der Waals surface area contributed by atoms with Crippen LogP contribution in [0, 0.1) is 0 Å². The number of guanidine groups is 1. The second-order valence-electron chi connectivity index (χ2n) is 5.87. The number of amides is 1. The fraction of sp³-hybridized carbons (Fsp3) is 0.846. The molecular weight excluding hydrogens is 449 g/mol. The summed E-state index contributed by atoms with van der Waals surface area (Å²) >= 11 is 0. The first-order valence-electron chi connectivity index (χ1n) is 7.39. The van der Waals surface area contributed by atoms with Crippen LogP contribution in [0.15, 0.2) is 4.99 Å². The van der Waals surface area contributed by atoms with Crippen LogP contribution in [0.1, 0.15) is 27.2 Å². The number of halogens is 1. The van der Waals surface area contributed by atoms with E-state index >= 15 is 0 Å². The molecule has 0 aliphatic carbocycles. The van der Waals surface area contributed by atoms with Crippen LogP contribution in [0.5, 0.6) is 0 Å². The van der Waals surface area contributed by atoms with Gasteiger partial charge in [0.15, 0.2) is 5.96 Å². The summed E-state index contributed by atoms with van der Waals surface area (Å²) in [4.78, 5) is 15.5. The molecule has 0 aromatic heterocycles. The fourth-order valence-corrected chi connectivity index (χ4v) is 1.95. The maximum absolute atomic E-state index is 11.4. The van der Waals surface area contributed by atoms with E-state index in [9.17, 15) is 13.2 Å². The van der Waals surface area contributed by atoms with Crippen molar-refractivity contribution >= 4 is 46.1 Å². The highest BCUT2D eigenvalue weighted by Crippen LogP contribution is 2.05. The number of nitrogens with zero attached hydrogens (tertiary/aromatic N) is 1. The van der Waals surface area contributed by atoms with E-state index in [0.717, 1.165) is 6.26 Å². The molecule has 0 rings (SSSR count). The third-order valence-corrected chi connectivity index (χ3v) is 3.05. The molecule has 0 aliphatic rings. The Labute approximate surface area is 161 Å². The number of carbonyl (C=O) groups is 1. The highest BCUT2D eigenvalue weighted by atomic mass is 127. The lowest BCUT2D eigenvalue weighted by Crippen LogP contribution is -2.43. The smallest absolute Gasteiger partial charge is 0.407 e. The molecule has 9 nitrogen and oxygen atoms in total. The van der Waals surface area contributed by atoms with Crippen molar-refractivity contribution in [2.45, 2.75) is 32.8 Å². The first-order valence-corrected chi connectivity index (χ1v) is 9.28. The summed E-state index contributed by atoms with van der Waals surface area (Å²) in [5, 5.41) is 8.70. The van der Waals surface area contributed by atoms with Crippen LogP contribution in [-0.2, 0) is 14.8 Å². The van der Waals surface area contributed by atoms with Crippen molar-refractivity contribution in [1.29, 1.82) is 0 Å². The maximum atomic E-state index is 11.4. The Bertz CT molecular complexity index is 491. The molecule has 1 amide bonds. The van der Waals surface area contributed by atoms with Crippen molar-refractivity contribution in [2.75, 3.05) is 39.5 Å². The molecule has 0 saturated heterocycles. The molecule has 0 aliphatic heterocycles. The molecule has 24 heavy (non-hydrogen) atoms. The Morgan fingerprint density at radius 1 is 1.04 bits per heavy atom. The highest BCUT2D eigenvalue weighted by molar-refractivity contribution is 14.0. The molecule has 0 bridgehead atoms. The van der Waals surface area contributed by atoms with Gasteiger partial charge in [0.05, 0.1) is 6.26 Å². The van der Waals surface area contributed by atoms with Gasteiger partial charge in [-0.15, -0.1) is 24.0 Å². The third-order valence-electron chi connectivity index (χ3n) is 2.32. The number of rotatable bonds is 8. The topological polar surface area (TPSA) is 121 Å². The third kappa shape index (κ3) is 17.5. The van der Waals surface area contributed by atoms with Crippen LogP contribution in [0.4, 0.5) is 4.79 Å². The van der Waals surface area contributed by atoms with Gasteiger partial charge in [0.1, 0.15) is 5.60 Å². The second-order valence-corrected chi connectivity index (χ2v) is 7.71. The van der Waals surface area contributed by atoms with Crippen molar-refractivity contribution in [3.05, 3.63) is 0 Å². The fourth-order valence-electron chi connectivity index (χ4n) is 1.43. The summed E-state index contributed by atoms with van der Waals surface area (Å²) in [7, 11) is -1.51. The van der Waals surface area contributed by atoms with E-state index in [1.54, 1.807) is 27.8 Å². The monoisotopic (exact) mass is 479 g/mol. The van der Waals surface area contributed by atoms with E-state index in [1.807, 2.05) is 0 Å². The molecule has 0 aromatic carbocycles. The van der Waals surface area contributed by atoms with Gasteiger partial charge in [-0.25, -0.2) is 17.9 Å². The van der Waals surface area contributed by atoms with E-state index in [1.165, 1.54) is 0 Å². The van der Waals surface area contributed by atoms with Crippen molar-refractivity contribution in [3.8, 4) is 0 Å². The van der Waals surface area contributed by atoms with Gasteiger partial charge in [0.2, 0.25) is 10.0 Å². The molecule has 11 heteroatoms. The molecule has 0 atom stereocenters. The number of nitrogens with one attached hydrogen (secondary N) is 4. The van der Waals surface area contributed by atoms with Crippen LogP contribution in [0.2, 0.25) is 0 Å². The minimum Gasteiger partial charge on any atom is -0.444 e. The van der Waals surface area contributed by atoms with Crippen LogP contribution >= 0.6 is 24.0 Å². The Morgan fingerprint density at radius 2 is 1.58 bits per heavy atom. The summed E-state index contributed by atoms with van der Waals surface area (Å²) in [5.41, 5.74) is -0.519. The Hall–Kier alpha value is -0.820. The van der Waals surface area contributed by atoms with Gasteiger partial charge in [0.25, 0.3) is 0 Å². The van der Waals surface area contributed by atoms with E-state index in [4.69, 9.17) is 4.74 Å².